The smallest absolute Gasteiger partial charge is 0.243 e. The zero-order chi connectivity index (χ0) is 15.5. The van der Waals surface area contributed by atoms with Crippen LogP contribution in [0.2, 0.25) is 0 Å². The van der Waals surface area contributed by atoms with Gasteiger partial charge in [-0.05, 0) is 0 Å². The third-order valence-corrected chi connectivity index (χ3v) is 4.16. The number of carbonyl (C=O) groups is 2. The van der Waals surface area contributed by atoms with Crippen molar-refractivity contribution in [3.63, 3.8) is 0 Å². The highest BCUT2D eigenvalue weighted by Gasteiger charge is 2.44. The molecule has 0 unspecified atom stereocenters. The average molecular weight is 292 g/mol. The molecular formula is C13H16N4O2S. The monoisotopic (exact) mass is 292 g/mol. The number of nitrogens with zero attached hydrogens (tertiary/aromatic N) is 3. The van der Waals surface area contributed by atoms with Gasteiger partial charge in [0.15, 0.2) is 0 Å². The lowest BCUT2D eigenvalue weighted by atomic mass is 9.72. The van der Waals surface area contributed by atoms with E-state index in [-0.39, 0.29) is 11.7 Å². The summed E-state index contributed by atoms with van der Waals surface area (Å²) in [5, 5.41) is 21.3. The molecule has 7 heteroatoms. The Morgan fingerprint density at radius 2 is 2.05 bits per heavy atom. The van der Waals surface area contributed by atoms with Gasteiger partial charge in [0.05, 0.1) is 28.5 Å². The normalized spacial score (nSPS) is 20.7. The van der Waals surface area contributed by atoms with Gasteiger partial charge in [-0.15, -0.1) is 0 Å². The average Bonchev–Trinajstić information content (AvgIpc) is 2.34. The first-order valence-electron chi connectivity index (χ1n) is 5.94. The summed E-state index contributed by atoms with van der Waals surface area (Å²) in [6.07, 6.45) is 0. The summed E-state index contributed by atoms with van der Waals surface area (Å²) in [6, 6.07) is 3.98. The maximum Gasteiger partial charge on any atom is 0.243 e. The van der Waals surface area contributed by atoms with Crippen LogP contribution in [0.25, 0.3) is 0 Å². The van der Waals surface area contributed by atoms with E-state index in [0.29, 0.717) is 10.6 Å². The standard InChI is InChI=1S/C13H16N4O2S/c1-13(2)8(5-14)11(19)16-12(9(13)6-15)20-7-10(18)17(3)4/h8H,7H2,1-4H3,(H,16,19)/t8-/m1/s1. The van der Waals surface area contributed by atoms with Crippen LogP contribution >= 0.6 is 11.8 Å². The lowest BCUT2D eigenvalue weighted by molar-refractivity contribution is -0.126. The molecule has 1 aliphatic heterocycles. The molecule has 1 atom stereocenters. The molecule has 1 aliphatic rings. The number of thioether (sulfide) groups is 1. The number of nitrogens with one attached hydrogen (secondary N) is 1. The Bertz CT molecular complexity index is 552. The fourth-order valence-corrected chi connectivity index (χ4v) is 2.95. The number of nitriles is 2. The fourth-order valence-electron chi connectivity index (χ4n) is 1.80. The molecule has 1 N–H and O–H groups in total. The fraction of sp³-hybridized carbons (Fsp3) is 0.538. The predicted molar refractivity (Wildman–Crippen MR) is 74.8 cm³/mol. The SMILES string of the molecule is CN(C)C(=O)CSC1=C(C#N)C(C)(C)[C@H](C#N)C(=O)N1. The quantitative estimate of drug-likeness (QED) is 0.831. The van der Waals surface area contributed by atoms with E-state index in [2.05, 4.69) is 11.4 Å². The molecule has 6 nitrogen and oxygen atoms in total. The largest absolute Gasteiger partial charge is 0.348 e. The summed E-state index contributed by atoms with van der Waals surface area (Å²) in [5.41, 5.74) is -0.532. The van der Waals surface area contributed by atoms with Crippen LogP contribution in [0.5, 0.6) is 0 Å². The van der Waals surface area contributed by atoms with Crippen molar-refractivity contribution in [1.82, 2.24) is 10.2 Å². The van der Waals surface area contributed by atoms with Gasteiger partial charge < -0.3 is 10.2 Å². The van der Waals surface area contributed by atoms with Crippen LogP contribution in [-0.4, -0.2) is 36.6 Å². The Labute approximate surface area is 122 Å². The van der Waals surface area contributed by atoms with Gasteiger partial charge in [-0.1, -0.05) is 25.6 Å². The van der Waals surface area contributed by atoms with Crippen molar-refractivity contribution in [2.24, 2.45) is 11.3 Å². The van der Waals surface area contributed by atoms with Crippen LogP contribution in [-0.2, 0) is 9.59 Å². The van der Waals surface area contributed by atoms with Crippen molar-refractivity contribution in [3.05, 3.63) is 10.6 Å². The number of allylic oxidation sites excluding steroid dienone is 1. The summed E-state index contributed by atoms with van der Waals surface area (Å²) in [7, 11) is 3.27. The first-order valence-corrected chi connectivity index (χ1v) is 6.92. The highest BCUT2D eigenvalue weighted by Crippen LogP contribution is 2.41. The van der Waals surface area contributed by atoms with Crippen LogP contribution in [0.15, 0.2) is 10.6 Å². The lowest BCUT2D eigenvalue weighted by Gasteiger charge is -2.34. The predicted octanol–water partition coefficient (Wildman–Crippen LogP) is 0.839. The highest BCUT2D eigenvalue weighted by molar-refractivity contribution is 8.03. The first kappa shape index (κ1) is 16.1. The molecule has 0 aromatic rings. The summed E-state index contributed by atoms with van der Waals surface area (Å²) in [6.45, 7) is 3.37. The van der Waals surface area contributed by atoms with Crippen molar-refractivity contribution in [2.45, 2.75) is 13.8 Å². The zero-order valence-corrected chi connectivity index (χ0v) is 12.7. The second-order valence-electron chi connectivity index (χ2n) is 5.17. The minimum absolute atomic E-state index is 0.116. The van der Waals surface area contributed by atoms with E-state index in [1.807, 2.05) is 6.07 Å². The molecule has 106 valence electrons. The molecule has 20 heavy (non-hydrogen) atoms. The summed E-state index contributed by atoms with van der Waals surface area (Å²) < 4.78 is 0. The van der Waals surface area contributed by atoms with Gasteiger partial charge in [-0.3, -0.25) is 9.59 Å². The Kier molecular flexibility index (Phi) is 4.80. The van der Waals surface area contributed by atoms with Gasteiger partial charge in [0.2, 0.25) is 11.8 Å². The van der Waals surface area contributed by atoms with Crippen LogP contribution < -0.4 is 5.32 Å². The highest BCUT2D eigenvalue weighted by atomic mass is 32.2. The first-order chi connectivity index (χ1) is 9.25. The molecule has 0 saturated carbocycles. The number of hydrogen-bond acceptors (Lipinski definition) is 5. The van der Waals surface area contributed by atoms with Crippen LogP contribution in [0.3, 0.4) is 0 Å². The Hall–Kier alpha value is -1.99. The van der Waals surface area contributed by atoms with Gasteiger partial charge in [-0.25, -0.2) is 0 Å². The van der Waals surface area contributed by atoms with E-state index in [0.717, 1.165) is 11.8 Å². The number of rotatable bonds is 3. The van der Waals surface area contributed by atoms with Gasteiger partial charge >= 0.3 is 0 Å². The van der Waals surface area contributed by atoms with E-state index in [9.17, 15) is 14.9 Å². The van der Waals surface area contributed by atoms with E-state index >= 15 is 0 Å². The molecule has 0 aliphatic carbocycles. The zero-order valence-electron chi connectivity index (χ0n) is 11.9. The third kappa shape index (κ3) is 2.94. The molecule has 0 aromatic heterocycles. The number of hydrogen-bond donors (Lipinski definition) is 1. The molecule has 0 aromatic carbocycles. The second kappa shape index (κ2) is 5.98. The molecule has 0 radical (unpaired) electrons. The van der Waals surface area contributed by atoms with Crippen LogP contribution in [0, 0.1) is 34.0 Å². The second-order valence-corrected chi connectivity index (χ2v) is 6.15. The summed E-state index contributed by atoms with van der Waals surface area (Å²) >= 11 is 1.11. The maximum absolute atomic E-state index is 11.9. The van der Waals surface area contributed by atoms with Gasteiger partial charge in [-0.2, -0.15) is 10.5 Å². The van der Waals surface area contributed by atoms with Gasteiger partial charge in [0.1, 0.15) is 5.92 Å². The molecule has 1 heterocycles. The Balaban J connectivity index is 3.08. The number of amides is 2. The van der Waals surface area contributed by atoms with E-state index in [1.54, 1.807) is 27.9 Å². The van der Waals surface area contributed by atoms with Crippen molar-refractivity contribution < 1.29 is 9.59 Å². The van der Waals surface area contributed by atoms with Crippen LogP contribution in [0.4, 0.5) is 0 Å². The van der Waals surface area contributed by atoms with Gasteiger partial charge in [0, 0.05) is 19.5 Å². The Morgan fingerprint density at radius 3 is 2.50 bits per heavy atom. The molecule has 1 rings (SSSR count). The maximum atomic E-state index is 11.9. The molecule has 0 fully saturated rings. The summed E-state index contributed by atoms with van der Waals surface area (Å²) in [5.74, 6) is -1.34. The van der Waals surface area contributed by atoms with E-state index < -0.39 is 17.2 Å². The third-order valence-electron chi connectivity index (χ3n) is 3.17. The van der Waals surface area contributed by atoms with Crippen molar-refractivity contribution in [2.75, 3.05) is 19.8 Å². The number of carbonyl (C=O) groups excluding carboxylic acids is 2. The molecule has 0 spiro atoms. The molecular weight excluding hydrogens is 276 g/mol. The molecule has 2 amide bonds. The molecule has 0 saturated heterocycles. The van der Waals surface area contributed by atoms with Crippen LogP contribution in [0.1, 0.15) is 13.8 Å². The summed E-state index contributed by atoms with van der Waals surface area (Å²) in [4.78, 5) is 24.9. The van der Waals surface area contributed by atoms with E-state index in [1.165, 1.54) is 4.90 Å². The van der Waals surface area contributed by atoms with Crippen molar-refractivity contribution in [3.8, 4) is 12.1 Å². The van der Waals surface area contributed by atoms with E-state index in [4.69, 9.17) is 5.26 Å². The molecule has 0 bridgehead atoms. The minimum Gasteiger partial charge on any atom is -0.348 e. The lowest BCUT2D eigenvalue weighted by Crippen LogP contribution is -2.44. The minimum atomic E-state index is -0.911. The topological polar surface area (TPSA) is 97.0 Å². The van der Waals surface area contributed by atoms with Crippen molar-refractivity contribution in [1.29, 1.82) is 10.5 Å². The van der Waals surface area contributed by atoms with Crippen molar-refractivity contribution >= 4 is 23.6 Å². The van der Waals surface area contributed by atoms with Gasteiger partial charge in [0.25, 0.3) is 0 Å². The Morgan fingerprint density at radius 1 is 1.45 bits per heavy atom.